The van der Waals surface area contributed by atoms with Gasteiger partial charge in [0.25, 0.3) is 0 Å². The number of hydrogen-bond donors (Lipinski definition) is 2. The van der Waals surface area contributed by atoms with Gasteiger partial charge in [-0.1, -0.05) is 0 Å². The van der Waals surface area contributed by atoms with Gasteiger partial charge in [-0.3, -0.25) is 0 Å². The smallest absolute Gasteiger partial charge is 0.780 e. The van der Waals surface area contributed by atoms with Gasteiger partial charge in [0, 0.05) is 0 Å². The third kappa shape index (κ3) is 4.54. The molecule has 0 fully saturated rings. The van der Waals surface area contributed by atoms with Crippen LogP contribution in [0.2, 0.25) is 0 Å². The van der Waals surface area contributed by atoms with E-state index in [-0.39, 0.29) is 37.7 Å². The number of aliphatic hydroxyl groups is 1. The monoisotopic (exact) mass is 240 g/mol. The normalized spacial score (nSPS) is 10.2. The summed E-state index contributed by atoms with van der Waals surface area (Å²) in [5, 5.41) is 17.3. The van der Waals surface area contributed by atoms with Gasteiger partial charge in [-0.2, -0.15) is 4.39 Å². The van der Waals surface area contributed by atoms with Crippen molar-refractivity contribution < 1.29 is 75.6 Å². The molecule has 80 valence electrons. The van der Waals surface area contributed by atoms with Crippen LogP contribution in [0.1, 0.15) is 5.76 Å². The summed E-state index contributed by atoms with van der Waals surface area (Å²) in [6.07, 6.45) is 0. The zero-order valence-electron chi connectivity index (χ0n) is 8.47. The third-order valence-electron chi connectivity index (χ3n) is 1.21. The molecule has 1 aromatic rings. The molecule has 0 saturated carbocycles. The van der Waals surface area contributed by atoms with Crippen molar-refractivity contribution in [2.24, 2.45) is 0 Å². The summed E-state index contributed by atoms with van der Waals surface area (Å²) in [7, 11) is -5.46. The minimum atomic E-state index is -5.46. The Kier molecular flexibility index (Phi) is 7.80. The Hall–Kier alpha value is 0.115. The van der Waals surface area contributed by atoms with Gasteiger partial charge in [-0.25, -0.2) is 0 Å². The van der Waals surface area contributed by atoms with Crippen molar-refractivity contribution in [3.63, 3.8) is 0 Å². The van der Waals surface area contributed by atoms with Gasteiger partial charge in [0.15, 0.2) is 5.76 Å². The molecule has 1 rings (SSSR count). The van der Waals surface area contributed by atoms with E-state index in [1.165, 1.54) is 0 Å². The van der Waals surface area contributed by atoms with Crippen molar-refractivity contribution in [3.8, 4) is 11.7 Å². The second kappa shape index (κ2) is 6.75. The zero-order chi connectivity index (χ0) is 10.9. The van der Waals surface area contributed by atoms with Crippen LogP contribution in [0.15, 0.2) is 4.42 Å². The van der Waals surface area contributed by atoms with E-state index in [1.54, 1.807) is 0 Å². The van der Waals surface area contributed by atoms with Crippen LogP contribution in [-0.4, -0.2) is 10.2 Å². The molecule has 0 saturated heterocycles. The molecule has 0 amide bonds. The first kappa shape index (κ1) is 18.5. The van der Waals surface area contributed by atoms with Crippen LogP contribution in [0, 0.1) is 5.82 Å². The van der Waals surface area contributed by atoms with Gasteiger partial charge in [-0.15, -0.1) is 0 Å². The van der Waals surface area contributed by atoms with Gasteiger partial charge < -0.3 is 33.5 Å². The van der Waals surface area contributed by atoms with Crippen molar-refractivity contribution in [2.45, 2.75) is 6.61 Å². The molecule has 11 heteroatoms. The molecule has 0 aliphatic rings. The van der Waals surface area contributed by atoms with Crippen molar-refractivity contribution in [3.05, 3.63) is 11.6 Å². The van der Waals surface area contributed by atoms with E-state index in [0.29, 0.717) is 0 Å². The molecule has 0 aliphatic heterocycles. The Balaban J connectivity index is 0. The molecule has 1 heterocycles. The van der Waals surface area contributed by atoms with Gasteiger partial charge >= 0.3 is 43.7 Å². The third-order valence-corrected chi connectivity index (χ3v) is 1.59. The molecular weight excluding hydrogens is 236 g/mol. The molecule has 0 unspecified atom stereocenters. The largest absolute Gasteiger partial charge is 1.00 e. The van der Waals surface area contributed by atoms with Crippen LogP contribution in [-0.2, 0) is 11.2 Å². The number of hydrogen-bond acceptors (Lipinski definition) is 7. The number of halogens is 1. The van der Waals surface area contributed by atoms with E-state index in [2.05, 4.69) is 8.94 Å². The van der Waals surface area contributed by atoms with Crippen molar-refractivity contribution in [1.29, 1.82) is 0 Å². The van der Waals surface area contributed by atoms with Crippen LogP contribution in [0.25, 0.3) is 0 Å². The van der Waals surface area contributed by atoms with E-state index in [0.717, 1.165) is 0 Å². The summed E-state index contributed by atoms with van der Waals surface area (Å²) in [5.41, 5.74) is 0. The predicted octanol–water partition coefficient (Wildman–Crippen LogP) is -7.17. The second-order valence-electron chi connectivity index (χ2n) is 2.17. The van der Waals surface area contributed by atoms with Gasteiger partial charge in [-0.05, 0) is 0 Å². The zero-order valence-corrected chi connectivity index (χ0v) is 9.36. The molecule has 0 bridgehead atoms. The standard InChI is InChI=1S/C5H6FO7P.2Li/c6-3-4(8)2(1-7)12-5(3)13-14(9,10)11;;/h7-8H,1H2,(H2,9,10,11);;/q;2*+1/p-2. The summed E-state index contributed by atoms with van der Waals surface area (Å²) >= 11 is 0. The average Bonchev–Trinajstić information content (AvgIpc) is 2.30. The Labute approximate surface area is 113 Å². The molecular formula is C5H4FLi2O7P. The minimum absolute atomic E-state index is 0. The SMILES string of the molecule is O=P([O-])([O-])Oc1oc(CO)c(O)c1F.[Li+].[Li+]. The van der Waals surface area contributed by atoms with E-state index < -0.39 is 37.7 Å². The summed E-state index contributed by atoms with van der Waals surface area (Å²) < 4.78 is 30.5. The van der Waals surface area contributed by atoms with E-state index in [9.17, 15) is 18.7 Å². The fraction of sp³-hybridized carbons (Fsp3) is 0.200. The Morgan fingerprint density at radius 3 is 2.25 bits per heavy atom. The van der Waals surface area contributed by atoms with E-state index >= 15 is 0 Å². The number of furan rings is 1. The average molecular weight is 240 g/mol. The fourth-order valence-electron chi connectivity index (χ4n) is 0.692. The maximum atomic E-state index is 12.8. The summed E-state index contributed by atoms with van der Waals surface area (Å²) in [4.78, 5) is 20.1. The molecule has 0 atom stereocenters. The molecule has 0 radical (unpaired) electrons. The topological polar surface area (TPSA) is 126 Å². The molecule has 16 heavy (non-hydrogen) atoms. The Bertz CT molecular complexity index is 388. The number of phosphoric acid groups is 1. The van der Waals surface area contributed by atoms with E-state index in [1.807, 2.05) is 0 Å². The Morgan fingerprint density at radius 1 is 1.44 bits per heavy atom. The van der Waals surface area contributed by atoms with Crippen molar-refractivity contribution >= 4 is 7.82 Å². The predicted molar refractivity (Wildman–Crippen MR) is 34.5 cm³/mol. The van der Waals surface area contributed by atoms with Crippen LogP contribution in [0.4, 0.5) is 4.39 Å². The number of aliphatic hydroxyl groups excluding tert-OH is 1. The molecule has 7 nitrogen and oxygen atoms in total. The number of phosphoric ester groups is 1. The van der Waals surface area contributed by atoms with Crippen LogP contribution in [0.3, 0.4) is 0 Å². The van der Waals surface area contributed by atoms with Crippen LogP contribution < -0.4 is 52.0 Å². The maximum absolute atomic E-state index is 12.8. The molecule has 0 spiro atoms. The summed E-state index contributed by atoms with van der Waals surface area (Å²) in [6, 6.07) is 0. The number of aromatic hydroxyl groups is 1. The van der Waals surface area contributed by atoms with E-state index in [4.69, 9.17) is 10.2 Å². The first-order valence-corrected chi connectivity index (χ1v) is 4.64. The van der Waals surface area contributed by atoms with Gasteiger partial charge in [0.2, 0.25) is 11.6 Å². The molecule has 0 aliphatic carbocycles. The maximum Gasteiger partial charge on any atom is 1.00 e. The summed E-state index contributed by atoms with van der Waals surface area (Å²) in [6.45, 7) is -0.867. The first-order valence-electron chi connectivity index (χ1n) is 3.18. The molecule has 0 aromatic carbocycles. The fourth-order valence-corrected chi connectivity index (χ4v) is 1.01. The molecule has 1 aromatic heterocycles. The second-order valence-corrected chi connectivity index (χ2v) is 3.25. The van der Waals surface area contributed by atoms with Crippen LogP contribution in [0.5, 0.6) is 11.7 Å². The Morgan fingerprint density at radius 2 is 1.94 bits per heavy atom. The quantitative estimate of drug-likeness (QED) is 0.397. The van der Waals surface area contributed by atoms with Gasteiger partial charge in [0.05, 0.1) is 0 Å². The van der Waals surface area contributed by atoms with Crippen molar-refractivity contribution in [2.75, 3.05) is 0 Å². The van der Waals surface area contributed by atoms with Crippen molar-refractivity contribution in [1.82, 2.24) is 0 Å². The molecule has 2 N–H and O–H groups in total. The van der Waals surface area contributed by atoms with Gasteiger partial charge in [0.1, 0.15) is 14.4 Å². The van der Waals surface area contributed by atoms with Crippen LogP contribution >= 0.6 is 7.82 Å². The summed E-state index contributed by atoms with van der Waals surface area (Å²) in [5.74, 6) is -4.58. The first-order chi connectivity index (χ1) is 6.35. The minimum Gasteiger partial charge on any atom is -0.780 e. The number of rotatable bonds is 3.